The molecule has 0 saturated carbocycles. The van der Waals surface area contributed by atoms with Gasteiger partial charge in [-0.15, -0.1) is 0 Å². The predicted molar refractivity (Wildman–Crippen MR) is 71.9 cm³/mol. The zero-order valence-corrected chi connectivity index (χ0v) is 11.1. The molecule has 1 aliphatic heterocycles. The molecule has 1 aliphatic rings. The van der Waals surface area contributed by atoms with Crippen LogP contribution >= 0.6 is 12.6 Å². The summed E-state index contributed by atoms with van der Waals surface area (Å²) in [4.78, 5) is 0.347. The molecule has 94 valence electrons. The van der Waals surface area contributed by atoms with Crippen molar-refractivity contribution in [2.45, 2.75) is 37.1 Å². The molecule has 0 bridgehead atoms. The Balaban J connectivity index is 1.80. The molecule has 1 N–H and O–H groups in total. The highest BCUT2D eigenvalue weighted by molar-refractivity contribution is 7.84. The van der Waals surface area contributed by atoms with Gasteiger partial charge in [-0.3, -0.25) is 5.32 Å². The summed E-state index contributed by atoms with van der Waals surface area (Å²) in [7, 11) is -2.15. The van der Waals surface area contributed by atoms with E-state index in [4.69, 9.17) is 0 Å². The zero-order chi connectivity index (χ0) is 12.3. The molecular formula is C11H16N2O2S2. The van der Waals surface area contributed by atoms with Crippen molar-refractivity contribution in [3.05, 3.63) is 24.5 Å². The number of thiol groups is 1. The molecule has 0 radical (unpaired) electrons. The molecule has 1 aromatic rings. The first-order valence-electron chi connectivity index (χ1n) is 5.68. The highest BCUT2D eigenvalue weighted by atomic mass is 32.2. The third kappa shape index (κ3) is 3.37. The van der Waals surface area contributed by atoms with E-state index in [0.717, 1.165) is 25.8 Å². The number of hydrogen-bond acceptors (Lipinski definition) is 3. The van der Waals surface area contributed by atoms with E-state index in [1.165, 1.54) is 0 Å². The number of aryl methyl sites for hydroxylation is 1. The lowest BCUT2D eigenvalue weighted by atomic mass is 10.1. The van der Waals surface area contributed by atoms with Crippen molar-refractivity contribution in [1.29, 1.82) is 0 Å². The van der Waals surface area contributed by atoms with E-state index in [9.17, 15) is 8.42 Å². The molecule has 0 spiro atoms. The Morgan fingerprint density at radius 2 is 2.12 bits per heavy atom. The molecule has 4 nitrogen and oxygen atoms in total. The summed E-state index contributed by atoms with van der Waals surface area (Å²) >= 11 is 4.27. The lowest BCUT2D eigenvalue weighted by molar-refractivity contribution is 0.515. The van der Waals surface area contributed by atoms with Crippen LogP contribution in [0.15, 0.2) is 24.5 Å². The second-order valence-corrected chi connectivity index (χ2v) is 5.79. The van der Waals surface area contributed by atoms with Crippen LogP contribution in [0.4, 0.5) is 0 Å². The number of nitrogens with one attached hydrogen (secondary N) is 1. The third-order valence-corrected chi connectivity index (χ3v) is 4.38. The summed E-state index contributed by atoms with van der Waals surface area (Å²) in [6.07, 6.45) is 6.86. The minimum absolute atomic E-state index is 0.162. The van der Waals surface area contributed by atoms with Gasteiger partial charge in [-0.25, -0.2) is 0 Å². The van der Waals surface area contributed by atoms with Crippen molar-refractivity contribution < 1.29 is 8.42 Å². The van der Waals surface area contributed by atoms with Crippen LogP contribution in [0.5, 0.6) is 0 Å². The van der Waals surface area contributed by atoms with Gasteiger partial charge in [-0.1, -0.05) is 0 Å². The largest absolute Gasteiger partial charge is 0.354 e. The fraction of sp³-hybridized carbons (Fsp3) is 0.545. The van der Waals surface area contributed by atoms with E-state index >= 15 is 0 Å². The van der Waals surface area contributed by atoms with Crippen LogP contribution in [0.25, 0.3) is 0 Å². The molecule has 6 heteroatoms. The second-order valence-electron chi connectivity index (χ2n) is 4.25. The van der Waals surface area contributed by atoms with Crippen molar-refractivity contribution in [3.8, 4) is 0 Å². The topological polar surface area (TPSA) is 51.1 Å². The van der Waals surface area contributed by atoms with Crippen LogP contribution in [-0.4, -0.2) is 29.3 Å². The second kappa shape index (κ2) is 5.75. The Bertz CT molecular complexity index is 486. The Morgan fingerprint density at radius 3 is 2.71 bits per heavy atom. The van der Waals surface area contributed by atoms with Crippen molar-refractivity contribution in [1.82, 2.24) is 9.88 Å². The first kappa shape index (κ1) is 12.7. The van der Waals surface area contributed by atoms with Crippen molar-refractivity contribution in [2.75, 3.05) is 0 Å². The molecule has 2 rings (SSSR count). The van der Waals surface area contributed by atoms with E-state index < -0.39 is 10.3 Å². The van der Waals surface area contributed by atoms with Gasteiger partial charge in [-0.2, -0.15) is 21.0 Å². The third-order valence-electron chi connectivity index (χ3n) is 2.97. The minimum Gasteiger partial charge on any atom is -0.354 e. The number of aromatic nitrogens is 1. The Hall–Kier alpha value is -0.720. The van der Waals surface area contributed by atoms with Gasteiger partial charge in [0.15, 0.2) is 0 Å². The molecular weight excluding hydrogens is 256 g/mol. The normalized spacial score (nSPS) is 24.2. The van der Waals surface area contributed by atoms with Crippen molar-refractivity contribution >= 4 is 27.9 Å². The minimum atomic E-state index is -2.15. The van der Waals surface area contributed by atoms with Gasteiger partial charge in [-0.05, 0) is 31.4 Å². The van der Waals surface area contributed by atoms with Gasteiger partial charge in [0, 0.05) is 25.0 Å². The lowest BCUT2D eigenvalue weighted by Gasteiger charge is -2.09. The summed E-state index contributed by atoms with van der Waals surface area (Å²) < 4.78 is 23.9. The Kier molecular flexibility index (Phi) is 4.31. The van der Waals surface area contributed by atoms with Crippen molar-refractivity contribution in [3.63, 3.8) is 0 Å². The number of rotatable bonds is 4. The van der Waals surface area contributed by atoms with Gasteiger partial charge in [0.05, 0.1) is 5.25 Å². The first-order valence-corrected chi connectivity index (χ1v) is 7.27. The molecule has 1 aromatic heterocycles. The van der Waals surface area contributed by atoms with E-state index in [2.05, 4.69) is 22.5 Å². The summed E-state index contributed by atoms with van der Waals surface area (Å²) in [6, 6.07) is 4.25. The molecule has 2 unspecified atom stereocenters. The van der Waals surface area contributed by atoms with Crippen LogP contribution in [0.1, 0.15) is 19.3 Å². The van der Waals surface area contributed by atoms with E-state index in [1.807, 2.05) is 24.5 Å². The molecule has 0 aromatic carbocycles. The summed E-state index contributed by atoms with van der Waals surface area (Å²) in [5.41, 5.74) is 0. The van der Waals surface area contributed by atoms with E-state index in [-0.39, 0.29) is 11.3 Å². The fourth-order valence-corrected chi connectivity index (χ4v) is 3.29. The first-order chi connectivity index (χ1) is 8.16. The van der Waals surface area contributed by atoms with Crippen LogP contribution < -0.4 is 5.32 Å². The summed E-state index contributed by atoms with van der Waals surface area (Å²) in [5.74, 6) is 0. The standard InChI is InChI=1S/C11H16N2O2S2/c14-17(15)11-10(16)8-9(12-11)4-3-7-13-5-1-2-6-13/h1-2,5-6,9-10,12,16H,3-4,7-8H2. The molecule has 0 amide bonds. The summed E-state index contributed by atoms with van der Waals surface area (Å²) in [5, 5.41) is 2.88. The van der Waals surface area contributed by atoms with E-state index in [1.54, 1.807) is 0 Å². The Morgan fingerprint density at radius 1 is 1.41 bits per heavy atom. The maximum absolute atomic E-state index is 10.9. The zero-order valence-electron chi connectivity index (χ0n) is 9.41. The van der Waals surface area contributed by atoms with Gasteiger partial charge in [0.2, 0.25) is 10.3 Å². The summed E-state index contributed by atoms with van der Waals surface area (Å²) in [6.45, 7) is 0.970. The lowest BCUT2D eigenvalue weighted by Crippen LogP contribution is -2.27. The predicted octanol–water partition coefficient (Wildman–Crippen LogP) is 0.938. The fourth-order valence-electron chi connectivity index (χ4n) is 2.12. The molecule has 1 fully saturated rings. The number of nitrogens with zero attached hydrogens (tertiary/aromatic N) is 1. The number of hydrogen-bond donors (Lipinski definition) is 2. The SMILES string of the molecule is O=S(=O)=C1NC(CCCn2cccc2)CC1S. The van der Waals surface area contributed by atoms with Crippen LogP contribution in [0.3, 0.4) is 0 Å². The maximum Gasteiger partial charge on any atom is 0.229 e. The molecule has 2 atom stereocenters. The molecule has 1 saturated heterocycles. The van der Waals surface area contributed by atoms with Crippen LogP contribution in [0, 0.1) is 0 Å². The van der Waals surface area contributed by atoms with Gasteiger partial charge >= 0.3 is 0 Å². The maximum atomic E-state index is 10.9. The molecule has 2 heterocycles. The highest BCUT2D eigenvalue weighted by Gasteiger charge is 2.28. The Labute approximate surface area is 108 Å². The van der Waals surface area contributed by atoms with Gasteiger partial charge in [0.1, 0.15) is 4.99 Å². The monoisotopic (exact) mass is 272 g/mol. The van der Waals surface area contributed by atoms with Gasteiger partial charge in [0.25, 0.3) is 0 Å². The van der Waals surface area contributed by atoms with E-state index in [0.29, 0.717) is 4.99 Å². The average molecular weight is 272 g/mol. The van der Waals surface area contributed by atoms with Crippen LogP contribution in [0.2, 0.25) is 0 Å². The van der Waals surface area contributed by atoms with Crippen LogP contribution in [-0.2, 0) is 16.8 Å². The molecule has 17 heavy (non-hydrogen) atoms. The highest BCUT2D eigenvalue weighted by Crippen LogP contribution is 2.18. The van der Waals surface area contributed by atoms with Crippen molar-refractivity contribution in [2.24, 2.45) is 0 Å². The smallest absolute Gasteiger partial charge is 0.229 e. The average Bonchev–Trinajstić information content (AvgIpc) is 2.88. The van der Waals surface area contributed by atoms with Gasteiger partial charge < -0.3 is 4.57 Å². The molecule has 0 aliphatic carbocycles. The quantitative estimate of drug-likeness (QED) is 0.633.